The third-order valence-corrected chi connectivity index (χ3v) is 4.84. The van der Waals surface area contributed by atoms with Gasteiger partial charge >= 0.3 is 0 Å². The summed E-state index contributed by atoms with van der Waals surface area (Å²) in [4.78, 5) is 12.1. The number of nitrogens with one attached hydrogen (secondary N) is 1. The molecule has 0 saturated heterocycles. The molecule has 0 radical (unpaired) electrons. The molecule has 1 aliphatic carbocycles. The van der Waals surface area contributed by atoms with Crippen LogP contribution in [-0.2, 0) is 10.2 Å². The van der Waals surface area contributed by atoms with Crippen LogP contribution in [0, 0.1) is 5.82 Å². The van der Waals surface area contributed by atoms with E-state index in [9.17, 15) is 9.18 Å². The molecule has 0 bridgehead atoms. The number of carbonyl (C=O) groups is 1. The molecule has 3 heteroatoms. The topological polar surface area (TPSA) is 29.1 Å². The van der Waals surface area contributed by atoms with Crippen LogP contribution in [0.15, 0.2) is 60.7 Å². The summed E-state index contributed by atoms with van der Waals surface area (Å²) >= 11 is 0. The lowest BCUT2D eigenvalue weighted by Crippen LogP contribution is -2.38. The second-order valence-electron chi connectivity index (χ2n) is 6.46. The van der Waals surface area contributed by atoms with Crippen LogP contribution < -0.4 is 5.32 Å². The summed E-state index contributed by atoms with van der Waals surface area (Å²) in [6.45, 7) is 0.656. The van der Waals surface area contributed by atoms with Crippen LogP contribution in [0.5, 0.6) is 0 Å². The van der Waals surface area contributed by atoms with Crippen molar-refractivity contribution in [3.63, 3.8) is 0 Å². The maximum atomic E-state index is 12.9. The van der Waals surface area contributed by atoms with E-state index in [0.717, 1.165) is 18.4 Å². The molecule has 0 aliphatic heterocycles. The average molecular weight is 323 g/mol. The zero-order valence-corrected chi connectivity index (χ0v) is 13.7. The first-order valence-corrected chi connectivity index (χ1v) is 8.45. The molecular weight excluding hydrogens is 301 g/mol. The fourth-order valence-corrected chi connectivity index (χ4v) is 3.47. The fourth-order valence-electron chi connectivity index (χ4n) is 3.47. The van der Waals surface area contributed by atoms with Gasteiger partial charge in [0.1, 0.15) is 5.82 Å². The number of halogens is 1. The van der Waals surface area contributed by atoms with E-state index < -0.39 is 0 Å². The summed E-state index contributed by atoms with van der Waals surface area (Å²) in [6.07, 6.45) is 7.85. The van der Waals surface area contributed by atoms with Crippen molar-refractivity contribution in [1.29, 1.82) is 0 Å². The van der Waals surface area contributed by atoms with E-state index in [0.29, 0.717) is 6.54 Å². The van der Waals surface area contributed by atoms with Crippen LogP contribution in [0.3, 0.4) is 0 Å². The van der Waals surface area contributed by atoms with E-state index in [1.807, 2.05) is 6.07 Å². The molecule has 0 aromatic heterocycles. The highest BCUT2D eigenvalue weighted by molar-refractivity contribution is 5.91. The van der Waals surface area contributed by atoms with Gasteiger partial charge in [-0.05, 0) is 42.2 Å². The van der Waals surface area contributed by atoms with E-state index >= 15 is 0 Å². The molecule has 0 unspecified atom stereocenters. The Balaban J connectivity index is 1.63. The summed E-state index contributed by atoms with van der Waals surface area (Å²) < 4.78 is 12.9. The molecule has 3 rings (SSSR count). The molecular formula is C21H22FNO. The first-order valence-electron chi connectivity index (χ1n) is 8.45. The van der Waals surface area contributed by atoms with Crippen LogP contribution in [0.4, 0.5) is 4.39 Å². The van der Waals surface area contributed by atoms with Gasteiger partial charge in [0.2, 0.25) is 5.91 Å². The second-order valence-corrected chi connectivity index (χ2v) is 6.46. The molecule has 2 nitrogen and oxygen atoms in total. The Labute approximate surface area is 142 Å². The molecule has 0 heterocycles. The van der Waals surface area contributed by atoms with Crippen LogP contribution in [0.2, 0.25) is 0 Å². The van der Waals surface area contributed by atoms with Gasteiger partial charge < -0.3 is 5.32 Å². The minimum absolute atomic E-state index is 0.0562. The third kappa shape index (κ3) is 3.91. The molecule has 2 aromatic rings. The lowest BCUT2D eigenvalue weighted by atomic mass is 9.79. The van der Waals surface area contributed by atoms with Gasteiger partial charge in [-0.2, -0.15) is 0 Å². The first-order chi connectivity index (χ1) is 11.7. The number of amides is 1. The number of hydrogen-bond acceptors (Lipinski definition) is 1. The maximum absolute atomic E-state index is 12.9. The Morgan fingerprint density at radius 3 is 2.38 bits per heavy atom. The molecule has 24 heavy (non-hydrogen) atoms. The van der Waals surface area contributed by atoms with Gasteiger partial charge in [-0.3, -0.25) is 4.79 Å². The van der Waals surface area contributed by atoms with Gasteiger partial charge in [-0.25, -0.2) is 4.39 Å². The summed E-state index contributed by atoms with van der Waals surface area (Å²) in [5, 5.41) is 3.05. The minimum atomic E-state index is -0.275. The quantitative estimate of drug-likeness (QED) is 0.808. The van der Waals surface area contributed by atoms with Crippen LogP contribution in [0.25, 0.3) is 6.08 Å². The van der Waals surface area contributed by atoms with Crippen LogP contribution >= 0.6 is 0 Å². The molecule has 1 saturated carbocycles. The van der Waals surface area contributed by atoms with Crippen molar-refractivity contribution in [2.24, 2.45) is 0 Å². The maximum Gasteiger partial charge on any atom is 0.244 e. The molecule has 1 N–H and O–H groups in total. The van der Waals surface area contributed by atoms with E-state index in [1.54, 1.807) is 18.2 Å². The van der Waals surface area contributed by atoms with Crippen molar-refractivity contribution in [2.75, 3.05) is 6.54 Å². The van der Waals surface area contributed by atoms with Crippen molar-refractivity contribution in [3.05, 3.63) is 77.6 Å². The predicted octanol–water partition coefficient (Wildman–Crippen LogP) is 4.47. The molecule has 1 fully saturated rings. The summed E-state index contributed by atoms with van der Waals surface area (Å²) in [6, 6.07) is 16.6. The van der Waals surface area contributed by atoms with Crippen molar-refractivity contribution < 1.29 is 9.18 Å². The van der Waals surface area contributed by atoms with Gasteiger partial charge in [0, 0.05) is 18.0 Å². The van der Waals surface area contributed by atoms with Crippen molar-refractivity contribution >= 4 is 12.0 Å². The van der Waals surface area contributed by atoms with Gasteiger partial charge in [0.15, 0.2) is 0 Å². The number of benzene rings is 2. The Hall–Kier alpha value is -2.42. The zero-order chi connectivity index (χ0) is 16.8. The van der Waals surface area contributed by atoms with Crippen molar-refractivity contribution in [1.82, 2.24) is 5.32 Å². The molecule has 124 valence electrons. The number of rotatable bonds is 5. The highest BCUT2D eigenvalue weighted by Gasteiger charge is 2.35. The van der Waals surface area contributed by atoms with Gasteiger partial charge in [0.25, 0.3) is 0 Å². The van der Waals surface area contributed by atoms with E-state index in [-0.39, 0.29) is 17.1 Å². The van der Waals surface area contributed by atoms with Gasteiger partial charge in [-0.15, -0.1) is 0 Å². The van der Waals surface area contributed by atoms with Crippen molar-refractivity contribution in [2.45, 2.75) is 31.1 Å². The fraction of sp³-hybridized carbons (Fsp3) is 0.286. The van der Waals surface area contributed by atoms with Gasteiger partial charge in [0.05, 0.1) is 0 Å². The third-order valence-electron chi connectivity index (χ3n) is 4.84. The Kier molecular flexibility index (Phi) is 5.09. The molecule has 0 atom stereocenters. The summed E-state index contributed by atoms with van der Waals surface area (Å²) in [5.41, 5.74) is 2.18. The predicted molar refractivity (Wildman–Crippen MR) is 95.0 cm³/mol. The normalized spacial score (nSPS) is 16.4. The monoisotopic (exact) mass is 323 g/mol. The molecule has 2 aromatic carbocycles. The average Bonchev–Trinajstić information content (AvgIpc) is 3.10. The zero-order valence-electron chi connectivity index (χ0n) is 13.7. The highest BCUT2D eigenvalue weighted by Crippen LogP contribution is 2.40. The number of carbonyl (C=O) groups excluding carboxylic acids is 1. The lowest BCUT2D eigenvalue weighted by Gasteiger charge is -2.29. The Bertz CT molecular complexity index is 700. The minimum Gasteiger partial charge on any atom is -0.352 e. The Morgan fingerprint density at radius 1 is 1.04 bits per heavy atom. The van der Waals surface area contributed by atoms with E-state index in [2.05, 4.69) is 29.6 Å². The summed E-state index contributed by atoms with van der Waals surface area (Å²) in [7, 11) is 0. The largest absolute Gasteiger partial charge is 0.352 e. The highest BCUT2D eigenvalue weighted by atomic mass is 19.1. The van der Waals surface area contributed by atoms with E-state index in [4.69, 9.17) is 0 Å². The molecule has 1 aliphatic rings. The SMILES string of the molecule is O=C(/C=C/c1ccc(F)cc1)NCC1(c2ccccc2)CCCC1. The first kappa shape index (κ1) is 16.4. The second kappa shape index (κ2) is 7.43. The summed E-state index contributed by atoms with van der Waals surface area (Å²) in [5.74, 6) is -0.385. The van der Waals surface area contributed by atoms with Gasteiger partial charge in [-0.1, -0.05) is 55.3 Å². The van der Waals surface area contributed by atoms with E-state index in [1.165, 1.54) is 36.6 Å². The van der Waals surface area contributed by atoms with Crippen molar-refractivity contribution in [3.8, 4) is 0 Å². The lowest BCUT2D eigenvalue weighted by molar-refractivity contribution is -0.116. The Morgan fingerprint density at radius 2 is 1.71 bits per heavy atom. The standard InChI is InChI=1S/C21H22FNO/c22-19-11-8-17(9-12-19)10-13-20(24)23-16-21(14-4-5-15-21)18-6-2-1-3-7-18/h1-3,6-13H,4-5,14-16H2,(H,23,24)/b13-10+. The number of hydrogen-bond donors (Lipinski definition) is 1. The van der Waals surface area contributed by atoms with Crippen LogP contribution in [-0.4, -0.2) is 12.5 Å². The molecule has 1 amide bonds. The molecule has 0 spiro atoms. The van der Waals surface area contributed by atoms with Crippen LogP contribution in [0.1, 0.15) is 36.8 Å². The smallest absolute Gasteiger partial charge is 0.244 e.